The summed E-state index contributed by atoms with van der Waals surface area (Å²) < 4.78 is 19.0. The van der Waals surface area contributed by atoms with Gasteiger partial charge in [-0.05, 0) is 23.6 Å². The molecule has 4 nitrogen and oxygen atoms in total. The number of nitrogens with zero attached hydrogens (tertiary/aromatic N) is 2. The number of hydrogen-bond acceptors (Lipinski definition) is 4. The Hall–Kier alpha value is -2.17. The lowest BCUT2D eigenvalue weighted by Crippen LogP contribution is -1.96. The van der Waals surface area contributed by atoms with Gasteiger partial charge in [-0.1, -0.05) is 13.8 Å². The molecule has 0 aliphatic heterocycles. The van der Waals surface area contributed by atoms with Gasteiger partial charge in [-0.25, -0.2) is 4.39 Å². The van der Waals surface area contributed by atoms with E-state index in [4.69, 9.17) is 4.74 Å². The van der Waals surface area contributed by atoms with E-state index in [-0.39, 0.29) is 11.7 Å². The lowest BCUT2D eigenvalue weighted by atomic mass is 9.97. The average molecular weight is 262 g/mol. The van der Waals surface area contributed by atoms with Gasteiger partial charge < -0.3 is 9.84 Å². The molecule has 0 fully saturated rings. The lowest BCUT2D eigenvalue weighted by Gasteiger charge is -2.12. The molecule has 1 aromatic heterocycles. The quantitative estimate of drug-likeness (QED) is 0.923. The van der Waals surface area contributed by atoms with Crippen LogP contribution in [0.2, 0.25) is 0 Å². The van der Waals surface area contributed by atoms with Crippen LogP contribution in [0, 0.1) is 5.82 Å². The molecule has 0 saturated heterocycles. The van der Waals surface area contributed by atoms with Crippen LogP contribution >= 0.6 is 0 Å². The van der Waals surface area contributed by atoms with Gasteiger partial charge in [-0.2, -0.15) is 5.10 Å². The third-order valence-electron chi connectivity index (χ3n) is 2.86. The molecular formula is C14H15FN2O2. The van der Waals surface area contributed by atoms with Crippen molar-refractivity contribution in [3.63, 3.8) is 0 Å². The van der Waals surface area contributed by atoms with Crippen LogP contribution in [0.5, 0.6) is 11.6 Å². The summed E-state index contributed by atoms with van der Waals surface area (Å²) >= 11 is 0. The first kappa shape index (κ1) is 13.3. The largest absolute Gasteiger partial charge is 0.508 e. The molecule has 0 spiro atoms. The topological polar surface area (TPSA) is 55.2 Å². The van der Waals surface area contributed by atoms with Crippen molar-refractivity contribution in [3.8, 4) is 22.8 Å². The van der Waals surface area contributed by atoms with Crippen molar-refractivity contribution >= 4 is 0 Å². The molecule has 1 heterocycles. The number of halogens is 1. The molecule has 1 N–H and O–H groups in total. The molecule has 5 heteroatoms. The smallest absolute Gasteiger partial charge is 0.233 e. The molecule has 0 atom stereocenters. The number of aromatic nitrogens is 2. The van der Waals surface area contributed by atoms with Crippen LogP contribution in [-0.2, 0) is 0 Å². The van der Waals surface area contributed by atoms with Crippen LogP contribution in [0.1, 0.15) is 25.3 Å². The predicted molar refractivity (Wildman–Crippen MR) is 69.7 cm³/mol. The molecule has 0 aliphatic rings. The number of ether oxygens (including phenoxy) is 1. The summed E-state index contributed by atoms with van der Waals surface area (Å²) in [4.78, 5) is 0. The van der Waals surface area contributed by atoms with Crippen LogP contribution in [0.4, 0.5) is 4.39 Å². The molecular weight excluding hydrogens is 247 g/mol. The Morgan fingerprint density at radius 1 is 1.21 bits per heavy atom. The fourth-order valence-corrected chi connectivity index (χ4v) is 1.95. The summed E-state index contributed by atoms with van der Waals surface area (Å²) in [5, 5.41) is 17.4. The molecule has 0 radical (unpaired) electrons. The molecule has 100 valence electrons. The second-order valence-corrected chi connectivity index (χ2v) is 4.53. The van der Waals surface area contributed by atoms with Crippen molar-refractivity contribution in [2.45, 2.75) is 19.8 Å². The maximum atomic E-state index is 14.0. The van der Waals surface area contributed by atoms with Gasteiger partial charge in [0.05, 0.1) is 13.3 Å². The molecule has 0 bridgehead atoms. The highest BCUT2D eigenvalue weighted by atomic mass is 19.1. The number of aromatic hydroxyl groups is 1. The van der Waals surface area contributed by atoms with Gasteiger partial charge in [0.25, 0.3) is 0 Å². The van der Waals surface area contributed by atoms with Gasteiger partial charge in [-0.3, -0.25) is 0 Å². The van der Waals surface area contributed by atoms with Gasteiger partial charge in [0.2, 0.25) is 5.88 Å². The monoisotopic (exact) mass is 262 g/mol. The Labute approximate surface area is 110 Å². The van der Waals surface area contributed by atoms with Crippen molar-refractivity contribution in [2.24, 2.45) is 0 Å². The van der Waals surface area contributed by atoms with E-state index in [1.807, 2.05) is 13.8 Å². The third-order valence-corrected chi connectivity index (χ3v) is 2.86. The Morgan fingerprint density at radius 2 is 1.95 bits per heavy atom. The van der Waals surface area contributed by atoms with E-state index >= 15 is 0 Å². The first-order valence-corrected chi connectivity index (χ1v) is 5.92. The van der Waals surface area contributed by atoms with Crippen LogP contribution in [0.15, 0.2) is 24.4 Å². The van der Waals surface area contributed by atoms with Crippen molar-refractivity contribution in [2.75, 3.05) is 7.11 Å². The zero-order valence-electron chi connectivity index (χ0n) is 11.0. The zero-order valence-corrected chi connectivity index (χ0v) is 11.0. The molecule has 0 unspecified atom stereocenters. The molecule has 0 saturated carbocycles. The Kier molecular flexibility index (Phi) is 3.64. The van der Waals surface area contributed by atoms with E-state index in [2.05, 4.69) is 10.2 Å². The number of methoxy groups -OCH3 is 1. The van der Waals surface area contributed by atoms with E-state index in [0.717, 1.165) is 0 Å². The first-order chi connectivity index (χ1) is 9.02. The highest BCUT2D eigenvalue weighted by Gasteiger charge is 2.15. The number of phenols is 1. The maximum absolute atomic E-state index is 14.0. The number of phenolic OH excluding ortho intramolecular Hbond substituents is 1. The van der Waals surface area contributed by atoms with Crippen molar-refractivity contribution in [3.05, 3.63) is 35.8 Å². The standard InChI is InChI=1S/C14H15FN2O2/c1-8(2)14-11(15)4-9(5-12(14)18)10-6-13(19-3)17-16-7-10/h4-8,18H,1-3H3. The SMILES string of the molecule is COc1cc(-c2cc(O)c(C(C)C)c(F)c2)cnn1. The van der Waals surface area contributed by atoms with Crippen LogP contribution in [0.25, 0.3) is 11.1 Å². The van der Waals surface area contributed by atoms with Gasteiger partial charge in [0.15, 0.2) is 0 Å². The molecule has 0 aliphatic carbocycles. The molecule has 2 aromatic rings. The highest BCUT2D eigenvalue weighted by molar-refractivity contribution is 5.66. The average Bonchev–Trinajstić information content (AvgIpc) is 2.37. The highest BCUT2D eigenvalue weighted by Crippen LogP contribution is 2.33. The van der Waals surface area contributed by atoms with Crippen molar-refractivity contribution in [1.29, 1.82) is 0 Å². The van der Waals surface area contributed by atoms with E-state index in [1.54, 1.807) is 6.07 Å². The Morgan fingerprint density at radius 3 is 2.53 bits per heavy atom. The normalized spacial score (nSPS) is 10.8. The summed E-state index contributed by atoms with van der Waals surface area (Å²) in [6.45, 7) is 3.66. The zero-order chi connectivity index (χ0) is 14.0. The first-order valence-electron chi connectivity index (χ1n) is 5.92. The molecule has 2 rings (SSSR count). The van der Waals surface area contributed by atoms with E-state index in [0.29, 0.717) is 22.6 Å². The lowest BCUT2D eigenvalue weighted by molar-refractivity contribution is 0.392. The summed E-state index contributed by atoms with van der Waals surface area (Å²) in [5.41, 5.74) is 1.49. The molecule has 19 heavy (non-hydrogen) atoms. The number of rotatable bonds is 3. The third kappa shape index (κ3) is 2.65. The van der Waals surface area contributed by atoms with Crippen LogP contribution in [-0.4, -0.2) is 22.4 Å². The van der Waals surface area contributed by atoms with Crippen LogP contribution < -0.4 is 4.74 Å². The second-order valence-electron chi connectivity index (χ2n) is 4.53. The number of benzene rings is 1. The fraction of sp³-hybridized carbons (Fsp3) is 0.286. The summed E-state index contributed by atoms with van der Waals surface area (Å²) in [6, 6.07) is 4.54. The Bertz CT molecular complexity index is 577. The van der Waals surface area contributed by atoms with Gasteiger partial charge >= 0.3 is 0 Å². The summed E-state index contributed by atoms with van der Waals surface area (Å²) in [5.74, 6) is -0.231. The van der Waals surface area contributed by atoms with Gasteiger partial charge in [0, 0.05) is 17.2 Å². The van der Waals surface area contributed by atoms with Gasteiger partial charge in [0.1, 0.15) is 11.6 Å². The molecule has 1 aromatic carbocycles. The predicted octanol–water partition coefficient (Wildman–Crippen LogP) is 3.12. The minimum absolute atomic E-state index is 0.0548. The van der Waals surface area contributed by atoms with Crippen molar-refractivity contribution < 1.29 is 14.2 Å². The number of hydrogen-bond donors (Lipinski definition) is 1. The second kappa shape index (κ2) is 5.22. The minimum atomic E-state index is -0.430. The fourth-order valence-electron chi connectivity index (χ4n) is 1.95. The minimum Gasteiger partial charge on any atom is -0.508 e. The maximum Gasteiger partial charge on any atom is 0.233 e. The molecule has 0 amide bonds. The summed E-state index contributed by atoms with van der Waals surface area (Å²) in [6.07, 6.45) is 1.49. The van der Waals surface area contributed by atoms with E-state index < -0.39 is 5.82 Å². The van der Waals surface area contributed by atoms with Crippen LogP contribution in [0.3, 0.4) is 0 Å². The van der Waals surface area contributed by atoms with Crippen molar-refractivity contribution in [1.82, 2.24) is 10.2 Å². The van der Waals surface area contributed by atoms with E-state index in [9.17, 15) is 9.50 Å². The van der Waals surface area contributed by atoms with E-state index in [1.165, 1.54) is 25.4 Å². The van der Waals surface area contributed by atoms with Gasteiger partial charge in [-0.15, -0.1) is 5.10 Å². The Balaban J connectivity index is 2.52. The summed E-state index contributed by atoms with van der Waals surface area (Å²) in [7, 11) is 1.48.